The number of amides is 3. The van der Waals surface area contributed by atoms with Crippen LogP contribution in [0.5, 0.6) is 5.75 Å². The normalized spacial score (nSPS) is 19.0. The largest absolute Gasteiger partial charge is 0.496 e. The molecule has 1 saturated heterocycles. The highest BCUT2D eigenvalue weighted by molar-refractivity contribution is 7.13. The second-order valence-electron chi connectivity index (χ2n) is 6.66. The quantitative estimate of drug-likeness (QED) is 0.670. The number of hydrogen-bond acceptors (Lipinski definition) is 5. The molecule has 2 heterocycles. The van der Waals surface area contributed by atoms with Gasteiger partial charge in [-0.1, -0.05) is 42.5 Å². The number of para-hydroxylation sites is 1. The van der Waals surface area contributed by atoms with Crippen LogP contribution in [-0.2, 0) is 16.9 Å². The van der Waals surface area contributed by atoms with Crippen LogP contribution in [0.1, 0.15) is 18.2 Å². The summed E-state index contributed by atoms with van der Waals surface area (Å²) in [5.41, 5.74) is 1.22. The number of benzene rings is 2. The number of carbonyl (C=O) groups excluding carboxylic acids is 2. The number of thiazole rings is 1. The summed E-state index contributed by atoms with van der Waals surface area (Å²) in [6.07, 6.45) is 0. The standard InChI is InChI=1S/C21H19N3O3S/c1-21(14-8-4-3-5-9-14)19(25)24(20(26)23-21)12-15-13-28-18(22-15)16-10-6-7-11-17(16)27-2/h3-11,13H,12H2,1-2H3,(H,23,26)/t21-/m1/s1. The van der Waals surface area contributed by atoms with Gasteiger partial charge in [0.15, 0.2) is 0 Å². The predicted octanol–water partition coefficient (Wildman–Crippen LogP) is 3.79. The van der Waals surface area contributed by atoms with Gasteiger partial charge < -0.3 is 10.1 Å². The molecule has 1 aliphatic heterocycles. The summed E-state index contributed by atoms with van der Waals surface area (Å²) >= 11 is 1.45. The van der Waals surface area contributed by atoms with Crippen molar-refractivity contribution < 1.29 is 14.3 Å². The molecule has 1 N–H and O–H groups in total. The SMILES string of the molecule is COc1ccccc1-c1nc(CN2C(=O)N[C@](C)(c3ccccc3)C2=O)cs1. The Bertz CT molecular complexity index is 1030. The number of nitrogens with one attached hydrogen (secondary N) is 1. The Morgan fingerprint density at radius 1 is 1.11 bits per heavy atom. The molecule has 7 heteroatoms. The third-order valence-corrected chi connectivity index (χ3v) is 5.76. The van der Waals surface area contributed by atoms with Gasteiger partial charge >= 0.3 is 6.03 Å². The van der Waals surface area contributed by atoms with E-state index in [1.54, 1.807) is 14.0 Å². The maximum atomic E-state index is 13.0. The van der Waals surface area contributed by atoms with Crippen molar-refractivity contribution in [2.75, 3.05) is 7.11 Å². The number of ether oxygens (including phenoxy) is 1. The van der Waals surface area contributed by atoms with Crippen molar-refractivity contribution in [1.82, 2.24) is 15.2 Å². The van der Waals surface area contributed by atoms with Crippen LogP contribution in [0.2, 0.25) is 0 Å². The zero-order valence-corrected chi connectivity index (χ0v) is 16.3. The predicted molar refractivity (Wildman–Crippen MR) is 107 cm³/mol. The molecule has 0 bridgehead atoms. The van der Waals surface area contributed by atoms with Crippen LogP contribution in [-0.4, -0.2) is 28.9 Å². The van der Waals surface area contributed by atoms with Crippen LogP contribution in [0.15, 0.2) is 60.0 Å². The van der Waals surface area contributed by atoms with E-state index >= 15 is 0 Å². The molecular formula is C21H19N3O3S. The minimum atomic E-state index is -1.07. The molecule has 1 atom stereocenters. The van der Waals surface area contributed by atoms with Crippen molar-refractivity contribution in [2.24, 2.45) is 0 Å². The highest BCUT2D eigenvalue weighted by Gasteiger charge is 2.48. The number of hydrogen-bond donors (Lipinski definition) is 1. The minimum absolute atomic E-state index is 0.124. The van der Waals surface area contributed by atoms with Crippen molar-refractivity contribution in [3.05, 3.63) is 71.2 Å². The average Bonchev–Trinajstić information content (AvgIpc) is 3.28. The van der Waals surface area contributed by atoms with Crippen molar-refractivity contribution in [2.45, 2.75) is 19.0 Å². The number of carbonyl (C=O) groups is 2. The molecule has 0 unspecified atom stereocenters. The second kappa shape index (κ2) is 7.09. The molecule has 0 spiro atoms. The number of imide groups is 1. The summed E-state index contributed by atoms with van der Waals surface area (Å²) in [6, 6.07) is 16.5. The number of methoxy groups -OCH3 is 1. The summed E-state index contributed by atoms with van der Waals surface area (Å²) in [5.74, 6) is 0.450. The molecular weight excluding hydrogens is 374 g/mol. The van der Waals surface area contributed by atoms with Gasteiger partial charge in [0.2, 0.25) is 0 Å². The molecule has 2 aromatic carbocycles. The smallest absolute Gasteiger partial charge is 0.325 e. The summed E-state index contributed by atoms with van der Waals surface area (Å²) in [4.78, 5) is 31.3. The lowest BCUT2D eigenvalue weighted by molar-refractivity contribution is -0.131. The van der Waals surface area contributed by atoms with E-state index in [0.717, 1.165) is 21.9 Å². The first-order chi connectivity index (χ1) is 13.5. The lowest BCUT2D eigenvalue weighted by atomic mass is 9.92. The Morgan fingerprint density at radius 2 is 1.82 bits per heavy atom. The molecule has 142 valence electrons. The molecule has 0 saturated carbocycles. The van der Waals surface area contributed by atoms with E-state index in [1.807, 2.05) is 60.0 Å². The molecule has 1 fully saturated rings. The molecule has 1 aromatic heterocycles. The summed E-state index contributed by atoms with van der Waals surface area (Å²) < 4.78 is 5.39. The fourth-order valence-electron chi connectivity index (χ4n) is 3.29. The summed E-state index contributed by atoms with van der Waals surface area (Å²) in [7, 11) is 1.62. The van der Waals surface area contributed by atoms with E-state index in [1.165, 1.54) is 16.2 Å². The van der Waals surface area contributed by atoms with Crippen LogP contribution in [0, 0.1) is 0 Å². The molecule has 0 radical (unpaired) electrons. The van der Waals surface area contributed by atoms with Crippen LogP contribution in [0.4, 0.5) is 4.79 Å². The molecule has 6 nitrogen and oxygen atoms in total. The topological polar surface area (TPSA) is 71.5 Å². The van der Waals surface area contributed by atoms with Crippen molar-refractivity contribution in [3.8, 4) is 16.3 Å². The lowest BCUT2D eigenvalue weighted by Crippen LogP contribution is -2.40. The lowest BCUT2D eigenvalue weighted by Gasteiger charge is -2.21. The molecule has 3 amide bonds. The number of rotatable bonds is 5. The maximum Gasteiger partial charge on any atom is 0.325 e. The molecule has 3 aromatic rings. The van der Waals surface area contributed by atoms with E-state index in [0.29, 0.717) is 5.69 Å². The highest BCUT2D eigenvalue weighted by Crippen LogP contribution is 2.33. The highest BCUT2D eigenvalue weighted by atomic mass is 32.1. The number of urea groups is 1. The Kier molecular flexibility index (Phi) is 4.60. The molecule has 4 rings (SSSR count). The van der Waals surface area contributed by atoms with Gasteiger partial charge in [-0.05, 0) is 24.6 Å². The summed E-state index contributed by atoms with van der Waals surface area (Å²) in [5, 5.41) is 5.46. The van der Waals surface area contributed by atoms with Crippen molar-refractivity contribution in [3.63, 3.8) is 0 Å². The van der Waals surface area contributed by atoms with E-state index in [4.69, 9.17) is 4.74 Å². The fourth-order valence-corrected chi connectivity index (χ4v) is 4.13. The third kappa shape index (κ3) is 3.03. The van der Waals surface area contributed by atoms with Crippen molar-refractivity contribution in [1.29, 1.82) is 0 Å². The third-order valence-electron chi connectivity index (χ3n) is 4.84. The van der Waals surface area contributed by atoms with Gasteiger partial charge in [-0.15, -0.1) is 11.3 Å². The Balaban J connectivity index is 1.58. The summed E-state index contributed by atoms with van der Waals surface area (Å²) in [6.45, 7) is 1.85. The van der Waals surface area contributed by atoms with Crippen molar-refractivity contribution >= 4 is 23.3 Å². The molecule has 0 aliphatic carbocycles. The van der Waals surface area contributed by atoms with Gasteiger partial charge in [-0.2, -0.15) is 0 Å². The minimum Gasteiger partial charge on any atom is -0.496 e. The molecule has 1 aliphatic rings. The Hall–Kier alpha value is -3.19. The average molecular weight is 393 g/mol. The van der Waals surface area contributed by atoms with Gasteiger partial charge in [0, 0.05) is 5.38 Å². The first-order valence-electron chi connectivity index (χ1n) is 8.80. The van der Waals surface area contributed by atoms with Crippen LogP contribution in [0.25, 0.3) is 10.6 Å². The van der Waals surface area contributed by atoms with Gasteiger partial charge in [0.05, 0.1) is 24.9 Å². The van der Waals surface area contributed by atoms with Crippen LogP contribution < -0.4 is 10.1 Å². The monoisotopic (exact) mass is 393 g/mol. The van der Waals surface area contributed by atoms with E-state index in [-0.39, 0.29) is 12.5 Å². The van der Waals surface area contributed by atoms with Gasteiger partial charge in [0.25, 0.3) is 5.91 Å². The van der Waals surface area contributed by atoms with Crippen LogP contribution >= 0.6 is 11.3 Å². The van der Waals surface area contributed by atoms with E-state index in [9.17, 15) is 9.59 Å². The maximum absolute atomic E-state index is 13.0. The number of aromatic nitrogens is 1. The van der Waals surface area contributed by atoms with Crippen LogP contribution in [0.3, 0.4) is 0 Å². The number of nitrogens with zero attached hydrogens (tertiary/aromatic N) is 2. The van der Waals surface area contributed by atoms with Gasteiger partial charge in [-0.3, -0.25) is 9.69 Å². The Morgan fingerprint density at radius 3 is 2.57 bits per heavy atom. The van der Waals surface area contributed by atoms with E-state index in [2.05, 4.69) is 10.3 Å². The molecule has 28 heavy (non-hydrogen) atoms. The van der Waals surface area contributed by atoms with E-state index < -0.39 is 11.6 Å². The Labute approximate surface area is 166 Å². The second-order valence-corrected chi connectivity index (χ2v) is 7.51. The van der Waals surface area contributed by atoms with Gasteiger partial charge in [0.1, 0.15) is 16.3 Å². The fraction of sp³-hybridized carbons (Fsp3) is 0.190. The van der Waals surface area contributed by atoms with Gasteiger partial charge in [-0.25, -0.2) is 9.78 Å². The first-order valence-corrected chi connectivity index (χ1v) is 9.68. The first kappa shape index (κ1) is 18.2. The zero-order valence-electron chi connectivity index (χ0n) is 15.5. The zero-order chi connectivity index (χ0) is 19.7.